The summed E-state index contributed by atoms with van der Waals surface area (Å²) < 4.78 is 13.3. The van der Waals surface area contributed by atoms with E-state index in [9.17, 15) is 14.0 Å². The second-order valence-corrected chi connectivity index (χ2v) is 7.38. The van der Waals surface area contributed by atoms with Crippen LogP contribution in [-0.2, 0) is 14.4 Å². The van der Waals surface area contributed by atoms with Gasteiger partial charge in [0.05, 0.1) is 29.0 Å². The molecule has 0 bridgehead atoms. The van der Waals surface area contributed by atoms with Crippen molar-refractivity contribution in [1.82, 2.24) is 0 Å². The van der Waals surface area contributed by atoms with Crippen molar-refractivity contribution in [1.29, 1.82) is 5.26 Å². The third-order valence-electron chi connectivity index (χ3n) is 5.59. The standard InChI is InChI=1S/C24H16FN3O3/c25-17-10-12-18(13-11-17)27-23(29)20-21(16-8-6-15(14-26)7-9-16)28(31-22(20)24(27)30)19-4-2-1-3-5-19/h1-13,20-22H/t20-,21+,22-/m1/s1. The van der Waals surface area contributed by atoms with Crippen molar-refractivity contribution in [2.24, 2.45) is 5.92 Å². The maximum Gasteiger partial charge on any atom is 0.266 e. The number of hydrogen-bond acceptors (Lipinski definition) is 5. The van der Waals surface area contributed by atoms with Gasteiger partial charge < -0.3 is 0 Å². The van der Waals surface area contributed by atoms with Gasteiger partial charge in [0.25, 0.3) is 5.91 Å². The first-order chi connectivity index (χ1) is 15.1. The molecule has 0 spiro atoms. The van der Waals surface area contributed by atoms with Crippen LogP contribution in [0.4, 0.5) is 15.8 Å². The molecule has 2 amide bonds. The Labute approximate surface area is 177 Å². The van der Waals surface area contributed by atoms with E-state index in [0.717, 1.165) is 10.5 Å². The Bertz CT molecular complexity index is 1190. The highest BCUT2D eigenvalue weighted by Gasteiger charge is 2.60. The fraction of sp³-hybridized carbons (Fsp3) is 0.125. The molecule has 2 fully saturated rings. The second kappa shape index (κ2) is 7.35. The summed E-state index contributed by atoms with van der Waals surface area (Å²) in [6, 6.07) is 22.8. The largest absolute Gasteiger partial charge is 0.273 e. The third kappa shape index (κ3) is 3.05. The van der Waals surface area contributed by atoms with Crippen LogP contribution in [0.2, 0.25) is 0 Å². The van der Waals surface area contributed by atoms with Gasteiger partial charge in [-0.1, -0.05) is 30.3 Å². The van der Waals surface area contributed by atoms with Gasteiger partial charge in [0.15, 0.2) is 6.10 Å². The first-order valence-corrected chi connectivity index (χ1v) is 9.73. The molecule has 0 radical (unpaired) electrons. The lowest BCUT2D eigenvalue weighted by Crippen LogP contribution is -2.37. The number of para-hydroxylation sites is 1. The number of hydrogen-bond donors (Lipinski definition) is 0. The second-order valence-electron chi connectivity index (χ2n) is 7.38. The van der Waals surface area contributed by atoms with Crippen LogP contribution in [0.1, 0.15) is 17.2 Å². The van der Waals surface area contributed by atoms with E-state index in [-0.39, 0.29) is 0 Å². The van der Waals surface area contributed by atoms with Crippen LogP contribution in [0.3, 0.4) is 0 Å². The molecular weight excluding hydrogens is 397 g/mol. The van der Waals surface area contributed by atoms with Crippen LogP contribution in [-0.4, -0.2) is 17.9 Å². The average molecular weight is 413 g/mol. The number of fused-ring (bicyclic) bond motifs is 1. The fourth-order valence-corrected chi connectivity index (χ4v) is 4.15. The highest BCUT2D eigenvalue weighted by Crippen LogP contribution is 2.47. The molecule has 0 N–H and O–H groups in total. The summed E-state index contributed by atoms with van der Waals surface area (Å²) in [6.45, 7) is 0. The molecule has 2 aliphatic rings. The minimum Gasteiger partial charge on any atom is -0.273 e. The van der Waals surface area contributed by atoms with E-state index < -0.39 is 35.7 Å². The lowest BCUT2D eigenvalue weighted by Gasteiger charge is -2.28. The fourth-order valence-electron chi connectivity index (χ4n) is 4.15. The van der Waals surface area contributed by atoms with Crippen LogP contribution in [0.25, 0.3) is 0 Å². The highest BCUT2D eigenvalue weighted by molar-refractivity contribution is 6.23. The number of nitriles is 1. The molecule has 3 aromatic carbocycles. The Kier molecular flexibility index (Phi) is 4.50. The number of anilines is 2. The molecule has 6 nitrogen and oxygen atoms in total. The molecule has 0 saturated carbocycles. The zero-order valence-corrected chi connectivity index (χ0v) is 16.2. The zero-order chi connectivity index (χ0) is 21.5. The van der Waals surface area contributed by atoms with E-state index in [2.05, 4.69) is 6.07 Å². The van der Waals surface area contributed by atoms with Crippen molar-refractivity contribution in [2.45, 2.75) is 12.1 Å². The van der Waals surface area contributed by atoms with Crippen molar-refractivity contribution >= 4 is 23.2 Å². The highest BCUT2D eigenvalue weighted by atomic mass is 19.1. The van der Waals surface area contributed by atoms with Crippen LogP contribution in [0, 0.1) is 23.1 Å². The first-order valence-electron chi connectivity index (χ1n) is 9.73. The first kappa shape index (κ1) is 19.0. The van der Waals surface area contributed by atoms with Crippen molar-refractivity contribution in [3.63, 3.8) is 0 Å². The summed E-state index contributed by atoms with van der Waals surface area (Å²) in [5.41, 5.74) is 2.25. The van der Waals surface area contributed by atoms with E-state index in [4.69, 9.17) is 10.1 Å². The van der Waals surface area contributed by atoms with E-state index in [1.54, 1.807) is 29.3 Å². The number of amides is 2. The van der Waals surface area contributed by atoms with Gasteiger partial charge in [-0.25, -0.2) is 14.4 Å². The normalized spacial score (nSPS) is 22.5. The van der Waals surface area contributed by atoms with Gasteiger partial charge in [-0.3, -0.25) is 14.4 Å². The number of carbonyl (C=O) groups is 2. The third-order valence-corrected chi connectivity index (χ3v) is 5.59. The molecule has 0 aromatic heterocycles. The van der Waals surface area contributed by atoms with Crippen LogP contribution in [0.5, 0.6) is 0 Å². The quantitative estimate of drug-likeness (QED) is 0.612. The number of rotatable bonds is 3. The molecule has 0 aliphatic carbocycles. The van der Waals surface area contributed by atoms with E-state index in [0.29, 0.717) is 16.9 Å². The SMILES string of the molecule is N#Cc1ccc([C@H]2[C@H]3C(=O)N(c4ccc(F)cc4)C(=O)[C@@H]3ON2c2ccccc2)cc1. The van der Waals surface area contributed by atoms with Gasteiger partial charge in [0, 0.05) is 0 Å². The minimum absolute atomic E-state index is 0.305. The Morgan fingerprint density at radius 2 is 1.52 bits per heavy atom. The number of nitrogens with zero attached hydrogens (tertiary/aromatic N) is 3. The lowest BCUT2D eigenvalue weighted by molar-refractivity contribution is -0.126. The maximum atomic E-state index is 13.4. The molecule has 31 heavy (non-hydrogen) atoms. The number of halogens is 1. The maximum absolute atomic E-state index is 13.4. The zero-order valence-electron chi connectivity index (χ0n) is 16.2. The molecule has 7 heteroatoms. The van der Waals surface area contributed by atoms with Gasteiger partial charge in [-0.2, -0.15) is 5.26 Å². The molecule has 2 saturated heterocycles. The predicted octanol–water partition coefficient (Wildman–Crippen LogP) is 3.75. The molecule has 3 aromatic rings. The number of benzene rings is 3. The molecule has 2 heterocycles. The molecule has 3 atom stereocenters. The van der Waals surface area contributed by atoms with Gasteiger partial charge in [0.1, 0.15) is 11.7 Å². The number of imide groups is 1. The summed E-state index contributed by atoms with van der Waals surface area (Å²) in [5, 5.41) is 10.7. The Morgan fingerprint density at radius 1 is 0.839 bits per heavy atom. The van der Waals surface area contributed by atoms with Crippen molar-refractivity contribution in [3.05, 3.63) is 95.8 Å². The van der Waals surface area contributed by atoms with Gasteiger partial charge in [-0.15, -0.1) is 0 Å². The number of carbonyl (C=O) groups excluding carboxylic acids is 2. The van der Waals surface area contributed by atoms with E-state index in [1.165, 1.54) is 24.3 Å². The van der Waals surface area contributed by atoms with Gasteiger partial charge in [0.2, 0.25) is 5.91 Å². The molecule has 5 rings (SSSR count). The van der Waals surface area contributed by atoms with Gasteiger partial charge in [-0.05, 0) is 54.1 Å². The monoisotopic (exact) mass is 413 g/mol. The number of hydroxylamine groups is 1. The summed E-state index contributed by atoms with van der Waals surface area (Å²) >= 11 is 0. The van der Waals surface area contributed by atoms with Crippen LogP contribution < -0.4 is 9.96 Å². The smallest absolute Gasteiger partial charge is 0.266 e. The topological polar surface area (TPSA) is 73.6 Å². The summed E-state index contributed by atoms with van der Waals surface area (Å²) in [5.74, 6) is -2.14. The predicted molar refractivity (Wildman–Crippen MR) is 110 cm³/mol. The van der Waals surface area contributed by atoms with Crippen molar-refractivity contribution in [2.75, 3.05) is 9.96 Å². The summed E-state index contributed by atoms with van der Waals surface area (Å²) in [6.07, 6.45) is -1.00. The lowest BCUT2D eigenvalue weighted by atomic mass is 9.90. The van der Waals surface area contributed by atoms with Crippen molar-refractivity contribution < 1.29 is 18.8 Å². The minimum atomic E-state index is -1.00. The van der Waals surface area contributed by atoms with Crippen LogP contribution in [0.15, 0.2) is 78.9 Å². The van der Waals surface area contributed by atoms with Crippen molar-refractivity contribution in [3.8, 4) is 6.07 Å². The van der Waals surface area contributed by atoms with Gasteiger partial charge >= 0.3 is 0 Å². The Balaban J connectivity index is 1.58. The van der Waals surface area contributed by atoms with E-state index in [1.807, 2.05) is 30.3 Å². The Morgan fingerprint density at radius 3 is 2.16 bits per heavy atom. The summed E-state index contributed by atoms with van der Waals surface area (Å²) in [4.78, 5) is 33.7. The molecular formula is C24H16FN3O3. The molecule has 2 aliphatic heterocycles. The Hall–Kier alpha value is -4.02. The molecule has 0 unspecified atom stereocenters. The van der Waals surface area contributed by atoms with E-state index >= 15 is 0 Å². The summed E-state index contributed by atoms with van der Waals surface area (Å²) in [7, 11) is 0. The van der Waals surface area contributed by atoms with Crippen LogP contribution >= 0.6 is 0 Å². The molecule has 152 valence electrons. The average Bonchev–Trinajstić information content (AvgIpc) is 3.31.